The van der Waals surface area contributed by atoms with Crippen molar-refractivity contribution in [1.29, 1.82) is 0 Å². The molecule has 0 aromatic heterocycles. The molecule has 0 amide bonds. The third-order valence-electron chi connectivity index (χ3n) is 9.04. The Balaban J connectivity index is 1.63. The van der Waals surface area contributed by atoms with Crippen LogP contribution in [0.1, 0.15) is 70.3 Å². The van der Waals surface area contributed by atoms with Crippen LogP contribution in [0.5, 0.6) is 0 Å². The summed E-state index contributed by atoms with van der Waals surface area (Å²) in [7, 11) is 0. The number of ketones is 1. The van der Waals surface area contributed by atoms with Gasteiger partial charge < -0.3 is 10.2 Å². The highest BCUT2D eigenvalue weighted by molar-refractivity contribution is 7.99. The normalized spacial score (nSPS) is 35.9. The number of carbonyl (C=O) groups excluding carboxylic acids is 1. The lowest BCUT2D eigenvalue weighted by Gasteiger charge is -2.54. The Bertz CT molecular complexity index is 1020. The lowest BCUT2D eigenvalue weighted by Crippen LogP contribution is -2.50. The van der Waals surface area contributed by atoms with Gasteiger partial charge in [-0.1, -0.05) is 43.7 Å². The number of benzene rings is 1. The molecule has 4 heteroatoms. The van der Waals surface area contributed by atoms with Crippen molar-refractivity contribution in [1.82, 2.24) is 0 Å². The lowest BCUT2D eigenvalue weighted by atomic mass is 9.51. The maximum atomic E-state index is 12.2. The predicted molar refractivity (Wildman–Crippen MR) is 134 cm³/mol. The number of aliphatic hydroxyl groups excluding tert-OH is 1. The molecule has 5 atom stereocenters. The van der Waals surface area contributed by atoms with Crippen LogP contribution in [0.2, 0.25) is 0 Å². The van der Waals surface area contributed by atoms with E-state index in [1.54, 1.807) is 11.6 Å². The van der Waals surface area contributed by atoms with Crippen LogP contribution < -0.4 is 0 Å². The molecule has 0 saturated heterocycles. The van der Waals surface area contributed by atoms with Crippen molar-refractivity contribution in [3.05, 3.63) is 64.8 Å². The fourth-order valence-electron chi connectivity index (χ4n) is 7.48. The molecule has 2 fully saturated rings. The van der Waals surface area contributed by atoms with Crippen molar-refractivity contribution in [3.63, 3.8) is 0 Å². The first-order valence-electron chi connectivity index (χ1n) is 12.6. The van der Waals surface area contributed by atoms with E-state index in [2.05, 4.69) is 38.1 Å². The average Bonchev–Trinajstić information content (AvgIpc) is 3.08. The Labute approximate surface area is 202 Å². The van der Waals surface area contributed by atoms with Gasteiger partial charge in [0.05, 0.1) is 12.2 Å². The third kappa shape index (κ3) is 3.79. The summed E-state index contributed by atoms with van der Waals surface area (Å²) in [5.74, 6) is 2.48. The van der Waals surface area contributed by atoms with E-state index in [0.717, 1.165) is 44.3 Å². The summed E-state index contributed by atoms with van der Waals surface area (Å²) in [5, 5.41) is 21.3. The monoisotopic (exact) mass is 464 g/mol. The molecule has 0 spiro atoms. The van der Waals surface area contributed by atoms with Gasteiger partial charge in [-0.25, -0.2) is 0 Å². The van der Waals surface area contributed by atoms with Gasteiger partial charge >= 0.3 is 0 Å². The molecular formula is C29H36O3S. The molecule has 1 aromatic rings. The van der Waals surface area contributed by atoms with Crippen molar-refractivity contribution < 1.29 is 15.0 Å². The molecular weight excluding hydrogens is 428 g/mol. The Kier molecular flexibility index (Phi) is 6.22. The zero-order chi connectivity index (χ0) is 23.2. The van der Waals surface area contributed by atoms with Crippen molar-refractivity contribution in [2.75, 3.05) is 12.4 Å². The molecule has 0 radical (unpaired) electrons. The number of rotatable bonds is 5. The SMILES string of the molecule is CCSc1ccc([C@H]2C[C@@]3(C)[C@@H](CC[C@@]3(O)/C=C/CO)[C@@H]3CCC4=CC(=O)CCC4=C32)cc1. The Morgan fingerprint density at radius 2 is 1.94 bits per heavy atom. The average molecular weight is 465 g/mol. The second-order valence-corrected chi connectivity index (χ2v) is 11.9. The Morgan fingerprint density at radius 3 is 2.67 bits per heavy atom. The number of thioether (sulfide) groups is 1. The topological polar surface area (TPSA) is 57.5 Å². The summed E-state index contributed by atoms with van der Waals surface area (Å²) < 4.78 is 0. The molecule has 4 aliphatic carbocycles. The van der Waals surface area contributed by atoms with Gasteiger partial charge in [0.1, 0.15) is 0 Å². The van der Waals surface area contributed by atoms with Crippen LogP contribution in [-0.4, -0.2) is 34.0 Å². The largest absolute Gasteiger partial charge is 0.392 e. The molecule has 2 N–H and O–H groups in total. The van der Waals surface area contributed by atoms with E-state index >= 15 is 0 Å². The lowest BCUT2D eigenvalue weighted by molar-refractivity contribution is -0.114. The third-order valence-corrected chi connectivity index (χ3v) is 9.94. The number of carbonyl (C=O) groups is 1. The van der Waals surface area contributed by atoms with Gasteiger partial charge in [0, 0.05) is 22.6 Å². The second-order valence-electron chi connectivity index (χ2n) is 10.5. The van der Waals surface area contributed by atoms with Gasteiger partial charge in [-0.15, -0.1) is 11.8 Å². The van der Waals surface area contributed by atoms with Crippen molar-refractivity contribution in [2.24, 2.45) is 17.3 Å². The molecule has 33 heavy (non-hydrogen) atoms. The Morgan fingerprint density at radius 1 is 1.15 bits per heavy atom. The number of allylic oxidation sites excluding steroid dienone is 4. The van der Waals surface area contributed by atoms with E-state index in [1.807, 2.05) is 23.9 Å². The fourth-order valence-corrected chi connectivity index (χ4v) is 8.14. The van der Waals surface area contributed by atoms with E-state index in [4.69, 9.17) is 0 Å². The highest BCUT2D eigenvalue weighted by Gasteiger charge is 2.61. The highest BCUT2D eigenvalue weighted by Crippen LogP contribution is 2.67. The maximum Gasteiger partial charge on any atom is 0.156 e. The van der Waals surface area contributed by atoms with Crippen molar-refractivity contribution >= 4 is 17.5 Å². The van der Waals surface area contributed by atoms with Crippen LogP contribution >= 0.6 is 11.8 Å². The molecule has 4 aliphatic rings. The van der Waals surface area contributed by atoms with E-state index in [1.165, 1.54) is 21.6 Å². The van der Waals surface area contributed by atoms with Gasteiger partial charge in [0.25, 0.3) is 0 Å². The number of fused-ring (bicyclic) bond motifs is 4. The van der Waals surface area contributed by atoms with Gasteiger partial charge in [0.2, 0.25) is 0 Å². The minimum atomic E-state index is -0.883. The molecule has 3 nitrogen and oxygen atoms in total. The summed E-state index contributed by atoms with van der Waals surface area (Å²) >= 11 is 1.86. The second kappa shape index (κ2) is 8.87. The quantitative estimate of drug-likeness (QED) is 0.416. The summed E-state index contributed by atoms with van der Waals surface area (Å²) in [6.07, 6.45) is 11.7. The molecule has 176 valence electrons. The van der Waals surface area contributed by atoms with Crippen LogP contribution in [0.25, 0.3) is 0 Å². The summed E-state index contributed by atoms with van der Waals surface area (Å²) in [5.41, 5.74) is 4.51. The standard InChI is InChI=1S/C29H36O3S/c1-3-33-22-9-5-19(6-10-22)25-18-28(2)26(13-15-29(28,32)14-4-16-30)24-11-7-20-17-21(31)8-12-23(20)27(24)25/h4-6,9-10,14,17,24-26,30,32H,3,7-8,11-13,15-16,18H2,1-2H3/b14-4+/t24-,25+,26-,28-,29-/m0/s1. The summed E-state index contributed by atoms with van der Waals surface area (Å²) in [6, 6.07) is 9.07. The summed E-state index contributed by atoms with van der Waals surface area (Å²) in [6.45, 7) is 4.43. The number of hydrogen-bond donors (Lipinski definition) is 2. The molecule has 1 aromatic carbocycles. The first kappa shape index (κ1) is 23.1. The van der Waals surface area contributed by atoms with Crippen LogP contribution in [0.4, 0.5) is 0 Å². The molecule has 0 heterocycles. The van der Waals surface area contributed by atoms with Crippen molar-refractivity contribution in [2.45, 2.75) is 75.2 Å². The van der Waals surface area contributed by atoms with Gasteiger partial charge in [-0.3, -0.25) is 4.79 Å². The van der Waals surface area contributed by atoms with Crippen LogP contribution in [0, 0.1) is 17.3 Å². The molecule has 2 saturated carbocycles. The van der Waals surface area contributed by atoms with Crippen LogP contribution in [0.15, 0.2) is 64.1 Å². The van der Waals surface area contributed by atoms with E-state index in [-0.39, 0.29) is 23.7 Å². The number of aliphatic hydroxyl groups is 2. The first-order chi connectivity index (χ1) is 15.9. The van der Waals surface area contributed by atoms with Gasteiger partial charge in [0.15, 0.2) is 5.78 Å². The molecule has 0 aliphatic heterocycles. The van der Waals surface area contributed by atoms with Gasteiger partial charge in [-0.05, 0) is 91.0 Å². The molecule has 0 unspecified atom stereocenters. The first-order valence-corrected chi connectivity index (χ1v) is 13.6. The van der Waals surface area contributed by atoms with E-state index in [9.17, 15) is 15.0 Å². The van der Waals surface area contributed by atoms with Crippen molar-refractivity contribution in [3.8, 4) is 0 Å². The fraction of sp³-hybridized carbons (Fsp3) is 0.552. The molecule has 0 bridgehead atoms. The van der Waals surface area contributed by atoms with Crippen LogP contribution in [0.3, 0.4) is 0 Å². The molecule has 5 rings (SSSR count). The number of hydrogen-bond acceptors (Lipinski definition) is 4. The highest BCUT2D eigenvalue weighted by atomic mass is 32.2. The van der Waals surface area contributed by atoms with Gasteiger partial charge in [-0.2, -0.15) is 0 Å². The Hall–Kier alpha value is -1.62. The smallest absolute Gasteiger partial charge is 0.156 e. The zero-order valence-electron chi connectivity index (χ0n) is 19.8. The van der Waals surface area contributed by atoms with E-state index in [0.29, 0.717) is 18.3 Å². The summed E-state index contributed by atoms with van der Waals surface area (Å²) in [4.78, 5) is 13.5. The predicted octanol–water partition coefficient (Wildman–Crippen LogP) is 5.98. The van der Waals surface area contributed by atoms with E-state index < -0.39 is 5.60 Å². The zero-order valence-corrected chi connectivity index (χ0v) is 20.7. The maximum absolute atomic E-state index is 12.2. The van der Waals surface area contributed by atoms with Crippen LogP contribution in [-0.2, 0) is 4.79 Å². The minimum Gasteiger partial charge on any atom is -0.392 e. The minimum absolute atomic E-state index is 0.0377.